The number of halogens is 15. The van der Waals surface area contributed by atoms with Crippen LogP contribution in [0.25, 0.3) is 88.4 Å². The molecule has 2 heterocycles. The minimum absolute atomic E-state index is 0.0204. The van der Waals surface area contributed by atoms with Crippen LogP contribution in [0.4, 0.5) is 65.9 Å². The van der Waals surface area contributed by atoms with Crippen LogP contribution in [0.1, 0.15) is 38.9 Å². The van der Waals surface area contributed by atoms with Gasteiger partial charge in [0.2, 0.25) is 0 Å². The lowest BCUT2D eigenvalue weighted by atomic mass is 9.96. The molecule has 0 atom stereocenters. The molecule has 4 nitrogen and oxygen atoms in total. The van der Waals surface area contributed by atoms with Crippen LogP contribution in [0.2, 0.25) is 0 Å². The van der Waals surface area contributed by atoms with E-state index in [4.69, 9.17) is 0 Å². The average molecular weight is 1030 g/mol. The number of hydrogen-bond donors (Lipinski definition) is 0. The maximum Gasteiger partial charge on any atom is 0.420 e. The Balaban J connectivity index is 1.36. The van der Waals surface area contributed by atoms with Crippen LogP contribution >= 0.6 is 0 Å². The minimum Gasteiger partial charge on any atom is -0.309 e. The maximum atomic E-state index is 16.6. The molecule has 0 spiro atoms. The molecule has 370 valence electrons. The van der Waals surface area contributed by atoms with E-state index in [9.17, 15) is 63.2 Å². The Bertz CT molecular complexity index is 3730. The predicted molar refractivity (Wildman–Crippen MR) is 246 cm³/mol. The number of para-hydroxylation sites is 2. The summed E-state index contributed by atoms with van der Waals surface area (Å²) in [5.41, 5.74) is -11.5. The van der Waals surface area contributed by atoms with Gasteiger partial charge in [-0.3, -0.25) is 0 Å². The minimum atomic E-state index is -5.40. The van der Waals surface area contributed by atoms with Gasteiger partial charge in [-0.25, -0.2) is 0 Å². The number of alkyl halides is 15. The largest absolute Gasteiger partial charge is 0.420 e. The van der Waals surface area contributed by atoms with E-state index in [1.165, 1.54) is 78.9 Å². The summed E-state index contributed by atoms with van der Waals surface area (Å²) < 4.78 is 222. The monoisotopic (exact) mass is 1030 g/mol. The van der Waals surface area contributed by atoms with Crippen molar-refractivity contribution in [3.8, 4) is 56.9 Å². The van der Waals surface area contributed by atoms with E-state index in [1.807, 2.05) is 12.1 Å². The first-order valence-electron chi connectivity index (χ1n) is 21.6. The van der Waals surface area contributed by atoms with Crippen LogP contribution in [-0.2, 0) is 30.9 Å². The summed E-state index contributed by atoms with van der Waals surface area (Å²) in [6, 6.07) is 30.8. The van der Waals surface area contributed by atoms with Gasteiger partial charge in [0, 0.05) is 21.5 Å². The molecule has 10 rings (SSSR count). The Kier molecular flexibility index (Phi) is 11.2. The lowest BCUT2D eigenvalue weighted by Crippen LogP contribution is -2.16. The Morgan fingerprint density at radius 2 is 0.622 bits per heavy atom. The zero-order valence-corrected chi connectivity index (χ0v) is 36.9. The standard InChI is InChI=1S/C55H25F15N4/c56-51(57,58)36-16-33(17-37(24-36)52(59,60)61)30-9-11-42-40-5-1-3-7-44(40)73(46(42)20-30)48-22-35(32-14-28(26-71)13-29(15-32)27-72)23-49(50(48)55(68,69)70)74-45-8-4-2-6-41(45)43-12-10-31(21-47(43)74)34-18-38(53(62,63)64)25-39(19-34)54(65,66)67/h1-25H. The van der Waals surface area contributed by atoms with Gasteiger partial charge in [0.15, 0.2) is 0 Å². The highest BCUT2D eigenvalue weighted by Crippen LogP contribution is 2.48. The van der Waals surface area contributed by atoms with Gasteiger partial charge in [-0.15, -0.1) is 0 Å². The second-order valence-electron chi connectivity index (χ2n) is 17.2. The number of rotatable bonds is 5. The average Bonchev–Trinajstić information content (AvgIpc) is 3.86. The molecule has 2 aromatic heterocycles. The Morgan fingerprint density at radius 1 is 0.297 bits per heavy atom. The molecule has 8 aromatic carbocycles. The van der Waals surface area contributed by atoms with Crippen molar-refractivity contribution in [1.82, 2.24) is 9.13 Å². The number of nitrogens with zero attached hydrogens (tertiary/aromatic N) is 4. The molecule has 74 heavy (non-hydrogen) atoms. The van der Waals surface area contributed by atoms with Gasteiger partial charge in [0.05, 0.1) is 79.0 Å². The van der Waals surface area contributed by atoms with E-state index in [2.05, 4.69) is 0 Å². The Labute approximate surface area is 406 Å². The summed E-state index contributed by atoms with van der Waals surface area (Å²) >= 11 is 0. The molecule has 0 amide bonds. The number of fused-ring (bicyclic) bond motifs is 6. The van der Waals surface area contributed by atoms with Gasteiger partial charge in [0.25, 0.3) is 0 Å². The van der Waals surface area contributed by atoms with Crippen molar-refractivity contribution >= 4 is 43.6 Å². The van der Waals surface area contributed by atoms with Crippen molar-refractivity contribution in [1.29, 1.82) is 10.5 Å². The van der Waals surface area contributed by atoms with Crippen molar-refractivity contribution in [2.75, 3.05) is 0 Å². The highest BCUT2D eigenvalue weighted by atomic mass is 19.4. The summed E-state index contributed by atoms with van der Waals surface area (Å²) in [5, 5.41) is 20.9. The number of benzene rings is 8. The maximum absolute atomic E-state index is 16.6. The SMILES string of the molecule is N#Cc1cc(C#N)cc(-c2cc(-n3c4ccccc4c4ccc(-c5cc(C(F)(F)F)cc(C(F)(F)F)c5)cc43)c(C(F)(F)F)c(-n3c4ccccc4c4ccc(-c5cc(C(F)(F)F)cc(C(F)(F)F)c5)cc43)c2)c1. The van der Waals surface area contributed by atoms with Gasteiger partial charge in [0.1, 0.15) is 5.56 Å². The molecular weight excluding hydrogens is 1000 g/mol. The quantitative estimate of drug-likeness (QED) is 0.161. The van der Waals surface area contributed by atoms with Crippen LogP contribution in [0.5, 0.6) is 0 Å². The molecule has 0 unspecified atom stereocenters. The van der Waals surface area contributed by atoms with Crippen LogP contribution in [0.15, 0.2) is 152 Å². The van der Waals surface area contributed by atoms with Crippen LogP contribution in [0, 0.1) is 22.7 Å². The molecule has 19 heteroatoms. The Hall–Kier alpha value is -8.71. The fraction of sp³-hybridized carbons (Fsp3) is 0.0909. The van der Waals surface area contributed by atoms with E-state index in [0.717, 1.165) is 33.4 Å². The summed E-state index contributed by atoms with van der Waals surface area (Å²) in [5.74, 6) is 0. The molecule has 0 N–H and O–H groups in total. The summed E-state index contributed by atoms with van der Waals surface area (Å²) in [6.45, 7) is 0. The summed E-state index contributed by atoms with van der Waals surface area (Å²) in [7, 11) is 0. The number of aromatic nitrogens is 2. The smallest absolute Gasteiger partial charge is 0.309 e. The summed E-state index contributed by atoms with van der Waals surface area (Å²) in [6.07, 6.45) is -26.4. The molecule has 0 aliphatic heterocycles. The molecule has 0 aliphatic carbocycles. The third-order valence-electron chi connectivity index (χ3n) is 12.6. The highest BCUT2D eigenvalue weighted by molar-refractivity contribution is 6.12. The first kappa shape index (κ1) is 48.9. The van der Waals surface area contributed by atoms with Gasteiger partial charge in [-0.2, -0.15) is 76.4 Å². The second-order valence-corrected chi connectivity index (χ2v) is 17.2. The highest BCUT2D eigenvalue weighted by Gasteiger charge is 2.41. The third kappa shape index (κ3) is 8.57. The van der Waals surface area contributed by atoms with Gasteiger partial charge in [-0.05, 0) is 124 Å². The molecule has 0 aliphatic rings. The second kappa shape index (κ2) is 16.9. The van der Waals surface area contributed by atoms with Gasteiger partial charge < -0.3 is 9.13 Å². The van der Waals surface area contributed by atoms with Crippen molar-refractivity contribution in [3.05, 3.63) is 191 Å². The first-order chi connectivity index (χ1) is 34.7. The third-order valence-corrected chi connectivity index (χ3v) is 12.6. The topological polar surface area (TPSA) is 57.4 Å². The van der Waals surface area contributed by atoms with Crippen molar-refractivity contribution in [2.24, 2.45) is 0 Å². The number of nitriles is 2. The molecule has 0 saturated carbocycles. The van der Waals surface area contributed by atoms with Crippen LogP contribution in [-0.4, -0.2) is 9.13 Å². The van der Waals surface area contributed by atoms with Crippen LogP contribution in [0.3, 0.4) is 0 Å². The van der Waals surface area contributed by atoms with E-state index < -0.39 is 81.2 Å². The van der Waals surface area contributed by atoms with Crippen molar-refractivity contribution < 1.29 is 65.9 Å². The van der Waals surface area contributed by atoms with Crippen molar-refractivity contribution in [2.45, 2.75) is 30.9 Å². The molecule has 0 bridgehead atoms. The lowest BCUT2D eigenvalue weighted by Gasteiger charge is -2.23. The van der Waals surface area contributed by atoms with Gasteiger partial charge in [-0.1, -0.05) is 60.7 Å². The molecule has 0 saturated heterocycles. The fourth-order valence-corrected chi connectivity index (χ4v) is 9.41. The van der Waals surface area contributed by atoms with E-state index in [1.54, 1.807) is 12.1 Å². The Morgan fingerprint density at radius 3 is 0.959 bits per heavy atom. The zero-order valence-electron chi connectivity index (χ0n) is 36.9. The summed E-state index contributed by atoms with van der Waals surface area (Å²) in [4.78, 5) is 0. The number of hydrogen-bond acceptors (Lipinski definition) is 2. The molecule has 0 radical (unpaired) electrons. The lowest BCUT2D eigenvalue weighted by molar-refractivity contribution is -0.144. The predicted octanol–water partition coefficient (Wildman–Crippen LogP) is 17.7. The molecule has 10 aromatic rings. The van der Waals surface area contributed by atoms with Gasteiger partial charge >= 0.3 is 30.9 Å². The van der Waals surface area contributed by atoms with Crippen LogP contribution < -0.4 is 0 Å². The first-order valence-corrected chi connectivity index (χ1v) is 21.6. The van der Waals surface area contributed by atoms with E-state index >= 15 is 13.2 Å². The van der Waals surface area contributed by atoms with Crippen molar-refractivity contribution in [3.63, 3.8) is 0 Å². The fourth-order valence-electron chi connectivity index (χ4n) is 9.41. The molecular formula is C55H25F15N4. The molecule has 0 fully saturated rings. The van der Waals surface area contributed by atoms with E-state index in [0.29, 0.717) is 24.3 Å². The van der Waals surface area contributed by atoms with E-state index in [-0.39, 0.29) is 89.1 Å². The normalized spacial score (nSPS) is 12.8. The zero-order chi connectivity index (χ0) is 53.0.